The Bertz CT molecular complexity index is 1030. The Morgan fingerprint density at radius 3 is 2.67 bits per heavy atom. The molecule has 2 N–H and O–H groups in total. The number of nitrogens with zero attached hydrogens (tertiary/aromatic N) is 4. The summed E-state index contributed by atoms with van der Waals surface area (Å²) in [5, 5.41) is 6.70. The molecule has 2 aromatic heterocycles. The molecule has 4 rings (SSSR count). The van der Waals surface area contributed by atoms with E-state index in [4.69, 9.17) is 4.42 Å². The molecule has 1 aromatic carbocycles. The maximum absolute atomic E-state index is 14.7. The van der Waals surface area contributed by atoms with E-state index in [2.05, 4.69) is 25.5 Å². The van der Waals surface area contributed by atoms with Crippen molar-refractivity contribution in [3.63, 3.8) is 0 Å². The lowest BCUT2D eigenvalue weighted by Gasteiger charge is -2.33. The van der Waals surface area contributed by atoms with Gasteiger partial charge in [-0.2, -0.15) is 0 Å². The Kier molecular flexibility index (Phi) is 9.30. The molecule has 0 amide bonds. The third-order valence-electron chi connectivity index (χ3n) is 5.95. The molecule has 1 fully saturated rings. The van der Waals surface area contributed by atoms with Gasteiger partial charge >= 0.3 is 0 Å². The third-order valence-corrected chi connectivity index (χ3v) is 5.95. The highest BCUT2D eigenvalue weighted by Crippen LogP contribution is 2.24. The number of rotatable bonds is 7. The van der Waals surface area contributed by atoms with Crippen molar-refractivity contribution in [1.82, 2.24) is 25.1 Å². The summed E-state index contributed by atoms with van der Waals surface area (Å²) >= 11 is 0. The van der Waals surface area contributed by atoms with Crippen molar-refractivity contribution >= 4 is 29.9 Å². The molecule has 0 radical (unpaired) electrons. The van der Waals surface area contributed by atoms with Crippen LogP contribution in [0.3, 0.4) is 0 Å². The average molecular weight is 566 g/mol. The second kappa shape index (κ2) is 12.2. The van der Waals surface area contributed by atoms with E-state index in [0.29, 0.717) is 24.7 Å². The zero-order chi connectivity index (χ0) is 22.3. The lowest BCUT2D eigenvalue weighted by molar-refractivity contribution is 0.146. The Hall–Kier alpha value is -2.40. The van der Waals surface area contributed by atoms with Gasteiger partial charge < -0.3 is 19.6 Å². The van der Waals surface area contributed by atoms with Crippen molar-refractivity contribution in [3.05, 3.63) is 72.0 Å². The number of halogens is 2. The molecule has 1 aliphatic rings. The smallest absolute Gasteiger partial charge is 0.191 e. The predicted octanol–water partition coefficient (Wildman–Crippen LogP) is 4.42. The Balaban J connectivity index is 0.00000306. The number of furan rings is 1. The first-order valence-electron chi connectivity index (χ1n) is 11.2. The first-order chi connectivity index (χ1) is 15.7. The molecule has 0 bridgehead atoms. The number of hydrogen-bond donors (Lipinski definition) is 2. The van der Waals surface area contributed by atoms with Gasteiger partial charge in [-0.1, -0.05) is 12.5 Å². The second-order valence-corrected chi connectivity index (χ2v) is 8.06. The van der Waals surface area contributed by atoms with Crippen LogP contribution in [0.15, 0.2) is 58.4 Å². The summed E-state index contributed by atoms with van der Waals surface area (Å²) in [5.74, 6) is 2.10. The van der Waals surface area contributed by atoms with E-state index in [0.717, 1.165) is 30.2 Å². The molecule has 0 spiro atoms. The van der Waals surface area contributed by atoms with Crippen LogP contribution in [-0.2, 0) is 6.54 Å². The van der Waals surface area contributed by atoms with Gasteiger partial charge in [0.15, 0.2) is 5.96 Å². The number of hydrogen-bond acceptors (Lipinski definition) is 4. The van der Waals surface area contributed by atoms with Crippen molar-refractivity contribution < 1.29 is 8.81 Å². The van der Waals surface area contributed by atoms with Crippen molar-refractivity contribution in [2.24, 2.45) is 4.99 Å². The summed E-state index contributed by atoms with van der Waals surface area (Å²) in [6.45, 7) is 5.14. The van der Waals surface area contributed by atoms with Crippen molar-refractivity contribution in [2.75, 3.05) is 26.7 Å². The van der Waals surface area contributed by atoms with E-state index in [9.17, 15) is 4.39 Å². The standard InChI is InChI=1S/C24H31FN6O.HI/c1-18-27-10-13-31(18)21-9-8-19(15-20(21)25)16-28-24(26-2)29-17-22(23-7-6-14-32-23)30-11-4-3-5-12-30;/h6-10,13-15,22H,3-5,11-12,16-17H2,1-2H3,(H2,26,28,29);1H. The molecule has 33 heavy (non-hydrogen) atoms. The van der Waals surface area contributed by atoms with Crippen LogP contribution in [0.25, 0.3) is 5.69 Å². The minimum absolute atomic E-state index is 0. The molecule has 1 saturated heterocycles. The van der Waals surface area contributed by atoms with Crippen LogP contribution in [0.5, 0.6) is 0 Å². The number of piperidine rings is 1. The number of nitrogens with one attached hydrogen (secondary N) is 2. The van der Waals surface area contributed by atoms with Crippen LogP contribution in [0, 0.1) is 12.7 Å². The van der Waals surface area contributed by atoms with Gasteiger partial charge in [-0.25, -0.2) is 9.37 Å². The quantitative estimate of drug-likeness (QED) is 0.252. The van der Waals surface area contributed by atoms with Gasteiger partial charge in [-0.3, -0.25) is 9.89 Å². The zero-order valence-corrected chi connectivity index (χ0v) is 21.5. The van der Waals surface area contributed by atoms with Gasteiger partial charge in [0, 0.05) is 32.5 Å². The molecular formula is C24H32FIN6O. The number of guanidine groups is 1. The maximum Gasteiger partial charge on any atom is 0.191 e. The van der Waals surface area contributed by atoms with Gasteiger partial charge in [-0.05, 0) is 62.7 Å². The van der Waals surface area contributed by atoms with Crippen molar-refractivity contribution in [3.8, 4) is 5.69 Å². The fraction of sp³-hybridized carbons (Fsp3) is 0.417. The van der Waals surface area contributed by atoms with Gasteiger partial charge in [0.25, 0.3) is 0 Å². The molecule has 1 unspecified atom stereocenters. The molecule has 1 atom stereocenters. The maximum atomic E-state index is 14.7. The van der Waals surface area contributed by atoms with E-state index in [-0.39, 0.29) is 35.8 Å². The van der Waals surface area contributed by atoms with E-state index >= 15 is 0 Å². The lowest BCUT2D eigenvalue weighted by Crippen LogP contribution is -2.44. The van der Waals surface area contributed by atoms with E-state index in [1.807, 2.05) is 25.1 Å². The Morgan fingerprint density at radius 2 is 2.03 bits per heavy atom. The minimum atomic E-state index is -0.281. The number of aryl methyl sites for hydroxylation is 1. The summed E-state index contributed by atoms with van der Waals surface area (Å²) in [6, 6.07) is 9.36. The molecule has 3 heterocycles. The first-order valence-corrected chi connectivity index (χ1v) is 11.2. The van der Waals surface area contributed by atoms with Crippen LogP contribution >= 0.6 is 24.0 Å². The fourth-order valence-electron chi connectivity index (χ4n) is 4.21. The lowest BCUT2D eigenvalue weighted by atomic mass is 10.1. The molecule has 0 aliphatic carbocycles. The number of aliphatic imine (C=N–C) groups is 1. The normalized spacial score (nSPS) is 15.7. The molecule has 0 saturated carbocycles. The van der Waals surface area contributed by atoms with Crippen LogP contribution in [0.1, 0.15) is 42.5 Å². The summed E-state index contributed by atoms with van der Waals surface area (Å²) in [7, 11) is 1.74. The van der Waals surface area contributed by atoms with Crippen molar-refractivity contribution in [1.29, 1.82) is 0 Å². The summed E-state index contributed by atoms with van der Waals surface area (Å²) < 4.78 is 22.1. The predicted molar refractivity (Wildman–Crippen MR) is 139 cm³/mol. The largest absolute Gasteiger partial charge is 0.468 e. The number of benzene rings is 1. The van der Waals surface area contributed by atoms with Crippen LogP contribution < -0.4 is 10.6 Å². The molecule has 3 aromatic rings. The van der Waals surface area contributed by atoms with Crippen LogP contribution in [0.2, 0.25) is 0 Å². The Morgan fingerprint density at radius 1 is 1.21 bits per heavy atom. The average Bonchev–Trinajstić information content (AvgIpc) is 3.49. The van der Waals surface area contributed by atoms with Crippen LogP contribution in [-0.4, -0.2) is 47.1 Å². The SMILES string of the molecule is CN=C(NCc1ccc(-n2ccnc2C)c(F)c1)NCC(c1ccco1)N1CCCCC1.I. The monoisotopic (exact) mass is 566 g/mol. The van der Waals surface area contributed by atoms with Crippen molar-refractivity contribution in [2.45, 2.75) is 38.8 Å². The minimum Gasteiger partial charge on any atom is -0.468 e. The summed E-state index contributed by atoms with van der Waals surface area (Å²) in [5.41, 5.74) is 1.33. The molecule has 178 valence electrons. The first kappa shape index (κ1) is 25.2. The number of likely N-dealkylation sites (tertiary alicyclic amines) is 1. The van der Waals surface area contributed by atoms with Crippen LogP contribution in [0.4, 0.5) is 4.39 Å². The molecule has 1 aliphatic heterocycles. The second-order valence-electron chi connectivity index (χ2n) is 8.06. The van der Waals surface area contributed by atoms with Gasteiger partial charge in [0.1, 0.15) is 17.4 Å². The highest BCUT2D eigenvalue weighted by molar-refractivity contribution is 14.0. The fourth-order valence-corrected chi connectivity index (χ4v) is 4.21. The van der Waals surface area contributed by atoms with E-state index in [1.165, 1.54) is 19.3 Å². The van der Waals surface area contributed by atoms with E-state index in [1.54, 1.807) is 42.4 Å². The summed E-state index contributed by atoms with van der Waals surface area (Å²) in [6.07, 6.45) is 8.86. The van der Waals surface area contributed by atoms with Gasteiger partial charge in [0.05, 0.1) is 18.0 Å². The number of imidazole rings is 1. The topological polar surface area (TPSA) is 70.6 Å². The molecule has 7 nitrogen and oxygen atoms in total. The molecule has 9 heteroatoms. The zero-order valence-electron chi connectivity index (χ0n) is 19.1. The Labute approximate surface area is 211 Å². The highest BCUT2D eigenvalue weighted by Gasteiger charge is 2.24. The van der Waals surface area contributed by atoms with E-state index < -0.39 is 0 Å². The van der Waals surface area contributed by atoms with Gasteiger partial charge in [-0.15, -0.1) is 24.0 Å². The summed E-state index contributed by atoms with van der Waals surface area (Å²) in [4.78, 5) is 11.0. The number of aromatic nitrogens is 2. The van der Waals surface area contributed by atoms with Gasteiger partial charge in [0.2, 0.25) is 0 Å². The highest BCUT2D eigenvalue weighted by atomic mass is 127. The molecular weight excluding hydrogens is 534 g/mol. The third kappa shape index (κ3) is 6.35.